The molecule has 0 bridgehead atoms. The summed E-state index contributed by atoms with van der Waals surface area (Å²) in [6, 6.07) is 18.0. The molecule has 176 valence electrons. The number of hydrogen-bond acceptors (Lipinski definition) is 5. The van der Waals surface area contributed by atoms with Crippen molar-refractivity contribution in [2.24, 2.45) is 0 Å². The molecule has 1 atom stereocenters. The Balaban J connectivity index is 1.45. The van der Waals surface area contributed by atoms with Crippen molar-refractivity contribution in [2.45, 2.75) is 18.9 Å². The number of nitrogens with zero attached hydrogens (tertiary/aromatic N) is 2. The molecule has 1 aliphatic rings. The second-order valence-electron chi connectivity index (χ2n) is 8.51. The number of hydrogen-bond donors (Lipinski definition) is 2. The number of aromatic nitrogens is 2. The Hall–Kier alpha value is -4.39. The molecule has 1 amide bonds. The van der Waals surface area contributed by atoms with Crippen molar-refractivity contribution in [1.82, 2.24) is 14.9 Å². The molecule has 7 nitrogen and oxygen atoms in total. The van der Waals surface area contributed by atoms with Gasteiger partial charge in [0.05, 0.1) is 18.7 Å². The molecule has 5 rings (SSSR count). The number of Topliss-reactive ketones (excluding diaryl/α,β-unsaturated/α-hetero) is 1. The van der Waals surface area contributed by atoms with Gasteiger partial charge in [0.2, 0.25) is 0 Å². The van der Waals surface area contributed by atoms with Crippen molar-refractivity contribution in [3.63, 3.8) is 0 Å². The van der Waals surface area contributed by atoms with E-state index < -0.39 is 17.7 Å². The van der Waals surface area contributed by atoms with E-state index in [0.717, 1.165) is 27.8 Å². The summed E-state index contributed by atoms with van der Waals surface area (Å²) < 4.78 is 5.36. The van der Waals surface area contributed by atoms with Crippen molar-refractivity contribution < 1.29 is 19.4 Å². The highest BCUT2D eigenvalue weighted by Crippen LogP contribution is 2.38. The van der Waals surface area contributed by atoms with Gasteiger partial charge in [-0.15, -0.1) is 0 Å². The number of amides is 1. The predicted octanol–water partition coefficient (Wildman–Crippen LogP) is 4.32. The lowest BCUT2D eigenvalue weighted by molar-refractivity contribution is -0.129. The number of aliphatic hydroxyl groups excluding tert-OH is 1. The molecule has 0 fully saturated rings. The summed E-state index contributed by atoms with van der Waals surface area (Å²) in [7, 11) is 1.62. The Kier molecular flexibility index (Phi) is 6.06. The number of ether oxygens (including phenoxy) is 1. The van der Waals surface area contributed by atoms with Crippen molar-refractivity contribution in [2.75, 3.05) is 13.7 Å². The summed E-state index contributed by atoms with van der Waals surface area (Å²) in [5.41, 5.74) is 3.60. The number of pyridine rings is 1. The fourth-order valence-electron chi connectivity index (χ4n) is 4.66. The molecular formula is C28H25N3O4. The number of ketones is 1. The molecule has 3 heterocycles. The van der Waals surface area contributed by atoms with Gasteiger partial charge in [0.15, 0.2) is 11.5 Å². The second kappa shape index (κ2) is 9.46. The normalized spacial score (nSPS) is 15.7. The van der Waals surface area contributed by atoms with Crippen LogP contribution in [-0.4, -0.2) is 45.3 Å². The van der Waals surface area contributed by atoms with Gasteiger partial charge in [0, 0.05) is 42.5 Å². The number of carbonyl (C=O) groups excluding carboxylic acids is 2. The molecule has 0 spiro atoms. The largest absolute Gasteiger partial charge is 0.503 e. The van der Waals surface area contributed by atoms with Crippen molar-refractivity contribution in [1.29, 1.82) is 0 Å². The smallest absolute Gasteiger partial charge is 0.290 e. The Morgan fingerprint density at radius 3 is 2.71 bits per heavy atom. The topological polar surface area (TPSA) is 95.5 Å². The first kappa shape index (κ1) is 22.4. The van der Waals surface area contributed by atoms with Gasteiger partial charge in [-0.2, -0.15) is 0 Å². The van der Waals surface area contributed by atoms with E-state index in [1.807, 2.05) is 60.8 Å². The number of carbonyl (C=O) groups is 2. The molecule has 4 aromatic rings. The maximum atomic E-state index is 13.3. The van der Waals surface area contributed by atoms with Gasteiger partial charge in [-0.1, -0.05) is 36.4 Å². The minimum Gasteiger partial charge on any atom is -0.503 e. The monoisotopic (exact) mass is 467 g/mol. The summed E-state index contributed by atoms with van der Waals surface area (Å²) in [6.07, 6.45) is 5.82. The van der Waals surface area contributed by atoms with E-state index in [1.54, 1.807) is 30.5 Å². The van der Waals surface area contributed by atoms with E-state index >= 15 is 0 Å². The third kappa shape index (κ3) is 4.28. The van der Waals surface area contributed by atoms with Crippen molar-refractivity contribution in [3.8, 4) is 5.75 Å². The average molecular weight is 468 g/mol. The van der Waals surface area contributed by atoms with Crippen molar-refractivity contribution in [3.05, 3.63) is 107 Å². The Morgan fingerprint density at radius 2 is 1.97 bits per heavy atom. The standard InChI is InChI=1S/C28H25N3O4/c1-35-21-9-10-23-22(15-21)19(17-30-23)11-13-31-26(20-8-5-12-29-16-20)25(27(33)28(31)34)24(32)14-18-6-3-2-4-7-18/h2-10,12,15-17,26,30,33H,11,13-14H2,1H3/t26-/m1/s1. The van der Waals surface area contributed by atoms with Gasteiger partial charge >= 0.3 is 0 Å². The maximum absolute atomic E-state index is 13.3. The van der Waals surface area contributed by atoms with Crippen LogP contribution in [0, 0.1) is 0 Å². The zero-order valence-corrected chi connectivity index (χ0v) is 19.3. The highest BCUT2D eigenvalue weighted by Gasteiger charge is 2.43. The first-order valence-electron chi connectivity index (χ1n) is 11.4. The van der Waals surface area contributed by atoms with Gasteiger partial charge in [0.25, 0.3) is 5.91 Å². The molecule has 0 aliphatic carbocycles. The van der Waals surface area contributed by atoms with Crippen LogP contribution >= 0.6 is 0 Å². The zero-order chi connectivity index (χ0) is 24.4. The molecule has 35 heavy (non-hydrogen) atoms. The number of aliphatic hydroxyl groups is 1. The van der Waals surface area contributed by atoms with Gasteiger partial charge in [-0.3, -0.25) is 14.6 Å². The molecule has 0 radical (unpaired) electrons. The van der Waals surface area contributed by atoms with E-state index in [9.17, 15) is 14.7 Å². The lowest BCUT2D eigenvalue weighted by atomic mass is 9.94. The molecule has 2 N–H and O–H groups in total. The van der Waals surface area contributed by atoms with E-state index in [0.29, 0.717) is 18.5 Å². The number of H-pyrrole nitrogens is 1. The van der Waals surface area contributed by atoms with Crippen LogP contribution in [-0.2, 0) is 22.4 Å². The second-order valence-corrected chi connectivity index (χ2v) is 8.51. The number of fused-ring (bicyclic) bond motifs is 1. The number of benzene rings is 2. The van der Waals surface area contributed by atoms with Crippen LogP contribution in [0.1, 0.15) is 22.7 Å². The van der Waals surface area contributed by atoms with Crippen LogP contribution in [0.25, 0.3) is 10.9 Å². The Labute approximate surface area is 202 Å². The summed E-state index contributed by atoms with van der Waals surface area (Å²) >= 11 is 0. The van der Waals surface area contributed by atoms with Crippen LogP contribution < -0.4 is 4.74 Å². The summed E-state index contributed by atoms with van der Waals surface area (Å²) in [4.78, 5) is 35.5. The van der Waals surface area contributed by atoms with Crippen LogP contribution in [0.15, 0.2) is 90.6 Å². The molecule has 2 aromatic carbocycles. The molecule has 0 saturated carbocycles. The van der Waals surface area contributed by atoms with Crippen LogP contribution in [0.4, 0.5) is 0 Å². The number of aromatic amines is 1. The predicted molar refractivity (Wildman–Crippen MR) is 132 cm³/mol. The molecule has 7 heteroatoms. The minimum absolute atomic E-state index is 0.0976. The molecular weight excluding hydrogens is 442 g/mol. The van der Waals surface area contributed by atoms with Gasteiger partial charge < -0.3 is 19.7 Å². The Bertz CT molecular complexity index is 1410. The van der Waals surface area contributed by atoms with Gasteiger partial charge in [-0.05, 0) is 47.4 Å². The molecule has 1 aliphatic heterocycles. The summed E-state index contributed by atoms with van der Waals surface area (Å²) in [6.45, 7) is 0.314. The van der Waals surface area contributed by atoms with Crippen molar-refractivity contribution >= 4 is 22.6 Å². The average Bonchev–Trinajstić information content (AvgIpc) is 3.41. The van der Waals surface area contributed by atoms with Crippen LogP contribution in [0.2, 0.25) is 0 Å². The third-order valence-electron chi connectivity index (χ3n) is 6.41. The zero-order valence-electron chi connectivity index (χ0n) is 19.3. The highest BCUT2D eigenvalue weighted by atomic mass is 16.5. The quantitative estimate of drug-likeness (QED) is 0.402. The fourth-order valence-corrected chi connectivity index (χ4v) is 4.66. The third-order valence-corrected chi connectivity index (χ3v) is 6.41. The number of methoxy groups -OCH3 is 1. The lowest BCUT2D eigenvalue weighted by Gasteiger charge is -2.26. The summed E-state index contributed by atoms with van der Waals surface area (Å²) in [5, 5.41) is 11.8. The first-order valence-corrected chi connectivity index (χ1v) is 11.4. The van der Waals surface area contributed by atoms with Gasteiger partial charge in [0.1, 0.15) is 5.75 Å². The van der Waals surface area contributed by atoms with E-state index in [-0.39, 0.29) is 17.8 Å². The van der Waals surface area contributed by atoms with E-state index in [2.05, 4.69) is 9.97 Å². The van der Waals surface area contributed by atoms with Crippen LogP contribution in [0.3, 0.4) is 0 Å². The molecule has 0 saturated heterocycles. The summed E-state index contributed by atoms with van der Waals surface area (Å²) in [5.74, 6) is -0.569. The van der Waals surface area contributed by atoms with Gasteiger partial charge in [-0.25, -0.2) is 0 Å². The molecule has 0 unspecified atom stereocenters. The number of rotatable bonds is 8. The minimum atomic E-state index is -0.702. The Morgan fingerprint density at radius 1 is 1.14 bits per heavy atom. The first-order chi connectivity index (χ1) is 17.1. The highest BCUT2D eigenvalue weighted by molar-refractivity contribution is 6.09. The SMILES string of the molecule is COc1ccc2[nH]cc(CCN3C(=O)C(O)=C(C(=O)Cc4ccccc4)[C@H]3c3cccnc3)c2c1. The number of nitrogens with one attached hydrogen (secondary N) is 1. The lowest BCUT2D eigenvalue weighted by Crippen LogP contribution is -2.33. The molecule has 2 aromatic heterocycles. The van der Waals surface area contributed by atoms with Crippen LogP contribution in [0.5, 0.6) is 5.75 Å². The van der Waals surface area contributed by atoms with E-state index in [4.69, 9.17) is 4.74 Å². The fraction of sp³-hybridized carbons (Fsp3) is 0.179. The maximum Gasteiger partial charge on any atom is 0.290 e. The van der Waals surface area contributed by atoms with E-state index in [1.165, 1.54) is 0 Å².